The fourth-order valence-electron chi connectivity index (χ4n) is 1.28. The number of nitrogen functional groups attached to an aromatic ring is 2. The van der Waals surface area contributed by atoms with Crippen molar-refractivity contribution in [3.63, 3.8) is 0 Å². The number of nitrogens with zero attached hydrogens (tertiary/aromatic N) is 3. The van der Waals surface area contributed by atoms with Gasteiger partial charge in [0, 0.05) is 7.05 Å². The zero-order valence-corrected chi connectivity index (χ0v) is 7.31. The van der Waals surface area contributed by atoms with Crippen LogP contribution in [0.5, 0.6) is 0 Å². The van der Waals surface area contributed by atoms with Crippen LogP contribution >= 0.6 is 0 Å². The summed E-state index contributed by atoms with van der Waals surface area (Å²) in [6.45, 7) is 0. The first-order chi connectivity index (χ1) is 6.52. The van der Waals surface area contributed by atoms with Gasteiger partial charge in [0.25, 0.3) is 11.8 Å². The van der Waals surface area contributed by atoms with Gasteiger partial charge in [-0.1, -0.05) is 0 Å². The second-order valence-corrected chi connectivity index (χ2v) is 2.86. The van der Waals surface area contributed by atoms with Gasteiger partial charge in [-0.2, -0.15) is 4.98 Å². The Labute approximate surface area is 78.7 Å². The molecular formula is C7H7N5O2. The van der Waals surface area contributed by atoms with Gasteiger partial charge in [0.1, 0.15) is 17.1 Å². The minimum Gasteiger partial charge on any atom is -0.383 e. The number of amides is 2. The molecule has 1 aliphatic heterocycles. The van der Waals surface area contributed by atoms with Crippen LogP contribution in [0.15, 0.2) is 0 Å². The number of anilines is 2. The summed E-state index contributed by atoms with van der Waals surface area (Å²) in [6.07, 6.45) is 0. The number of aromatic nitrogens is 2. The summed E-state index contributed by atoms with van der Waals surface area (Å²) in [5.41, 5.74) is 10.8. The zero-order chi connectivity index (χ0) is 10.5. The van der Waals surface area contributed by atoms with Gasteiger partial charge in [-0.05, 0) is 0 Å². The first kappa shape index (κ1) is 8.42. The lowest BCUT2D eigenvalue weighted by molar-refractivity contribution is 0.0691. The maximum atomic E-state index is 11.4. The van der Waals surface area contributed by atoms with E-state index in [1.807, 2.05) is 0 Å². The molecule has 72 valence electrons. The number of fused-ring (bicyclic) bond motifs is 1. The smallest absolute Gasteiger partial charge is 0.280 e. The molecule has 7 heteroatoms. The molecule has 2 amide bonds. The Hall–Kier alpha value is -2.18. The van der Waals surface area contributed by atoms with Crippen LogP contribution in [0.3, 0.4) is 0 Å². The number of carbonyl (C=O) groups excluding carboxylic acids is 2. The third kappa shape index (κ3) is 0.859. The molecule has 1 aliphatic rings. The molecule has 4 N–H and O–H groups in total. The summed E-state index contributed by atoms with van der Waals surface area (Å²) >= 11 is 0. The number of carbonyl (C=O) groups is 2. The van der Waals surface area contributed by atoms with E-state index in [1.165, 1.54) is 7.05 Å². The van der Waals surface area contributed by atoms with Crippen LogP contribution in [0.25, 0.3) is 0 Å². The van der Waals surface area contributed by atoms with Crippen LogP contribution in [0.2, 0.25) is 0 Å². The van der Waals surface area contributed by atoms with Crippen molar-refractivity contribution in [1.29, 1.82) is 0 Å². The molecular weight excluding hydrogens is 186 g/mol. The van der Waals surface area contributed by atoms with Crippen molar-refractivity contribution in [3.05, 3.63) is 11.3 Å². The van der Waals surface area contributed by atoms with Crippen LogP contribution in [0.4, 0.5) is 11.8 Å². The number of rotatable bonds is 0. The third-order valence-corrected chi connectivity index (χ3v) is 1.98. The monoisotopic (exact) mass is 193 g/mol. The molecule has 0 bridgehead atoms. The summed E-state index contributed by atoms with van der Waals surface area (Å²) < 4.78 is 0. The average molecular weight is 193 g/mol. The number of hydrogen-bond donors (Lipinski definition) is 2. The van der Waals surface area contributed by atoms with Crippen molar-refractivity contribution in [3.8, 4) is 0 Å². The van der Waals surface area contributed by atoms with Crippen molar-refractivity contribution in [2.75, 3.05) is 18.5 Å². The van der Waals surface area contributed by atoms with E-state index in [0.717, 1.165) is 4.90 Å². The second kappa shape index (κ2) is 2.41. The minimum absolute atomic E-state index is 0.0255. The summed E-state index contributed by atoms with van der Waals surface area (Å²) in [6, 6.07) is 0. The van der Waals surface area contributed by atoms with Gasteiger partial charge < -0.3 is 11.5 Å². The van der Waals surface area contributed by atoms with Crippen LogP contribution in [0, 0.1) is 0 Å². The molecule has 0 fully saturated rings. The minimum atomic E-state index is -0.509. The largest absolute Gasteiger partial charge is 0.383 e. The Balaban J connectivity index is 2.76. The van der Waals surface area contributed by atoms with Crippen LogP contribution in [-0.4, -0.2) is 33.7 Å². The summed E-state index contributed by atoms with van der Waals surface area (Å²) in [7, 11) is 1.35. The topological polar surface area (TPSA) is 115 Å². The molecule has 0 saturated carbocycles. The molecule has 2 rings (SSSR count). The normalized spacial score (nSPS) is 14.8. The molecule has 0 aliphatic carbocycles. The molecule has 0 atom stereocenters. The van der Waals surface area contributed by atoms with Gasteiger partial charge >= 0.3 is 0 Å². The highest BCUT2D eigenvalue weighted by atomic mass is 16.2. The predicted molar refractivity (Wildman–Crippen MR) is 47.3 cm³/mol. The lowest BCUT2D eigenvalue weighted by Crippen LogP contribution is -2.24. The summed E-state index contributed by atoms with van der Waals surface area (Å²) in [5.74, 6) is -1.18. The van der Waals surface area contributed by atoms with Crippen molar-refractivity contribution in [2.24, 2.45) is 0 Å². The Bertz CT molecular complexity index is 456. The van der Waals surface area contributed by atoms with Gasteiger partial charge in [0.15, 0.2) is 0 Å². The van der Waals surface area contributed by atoms with E-state index in [4.69, 9.17) is 11.5 Å². The van der Waals surface area contributed by atoms with Gasteiger partial charge in [-0.3, -0.25) is 14.5 Å². The average Bonchev–Trinajstić information content (AvgIpc) is 2.31. The standard InChI is InChI=1S/C7H7N5O2/c1-12-5(13)2-3(6(12)14)10-7(9)11-4(2)8/h1H3,(H4,8,9,10,11). The lowest BCUT2D eigenvalue weighted by Gasteiger charge is -2.02. The molecule has 0 radical (unpaired) electrons. The fraction of sp³-hybridized carbons (Fsp3) is 0.143. The lowest BCUT2D eigenvalue weighted by atomic mass is 10.2. The van der Waals surface area contributed by atoms with E-state index in [9.17, 15) is 9.59 Å². The predicted octanol–water partition coefficient (Wildman–Crippen LogP) is -1.13. The van der Waals surface area contributed by atoms with E-state index in [0.29, 0.717) is 0 Å². The molecule has 1 aromatic heterocycles. The van der Waals surface area contributed by atoms with E-state index in [-0.39, 0.29) is 23.0 Å². The number of hydrogen-bond acceptors (Lipinski definition) is 6. The Morgan fingerprint density at radius 3 is 2.43 bits per heavy atom. The molecule has 14 heavy (non-hydrogen) atoms. The zero-order valence-electron chi connectivity index (χ0n) is 7.31. The SMILES string of the molecule is CN1C(=O)c2nc(N)nc(N)c2C1=O. The Morgan fingerprint density at radius 2 is 1.79 bits per heavy atom. The van der Waals surface area contributed by atoms with Gasteiger partial charge in [0.05, 0.1) is 0 Å². The highest BCUT2D eigenvalue weighted by molar-refractivity contribution is 6.22. The van der Waals surface area contributed by atoms with Crippen molar-refractivity contribution < 1.29 is 9.59 Å². The quantitative estimate of drug-likeness (QED) is 0.503. The van der Waals surface area contributed by atoms with Crippen LogP contribution < -0.4 is 11.5 Å². The van der Waals surface area contributed by atoms with E-state index < -0.39 is 11.8 Å². The van der Waals surface area contributed by atoms with Crippen LogP contribution in [-0.2, 0) is 0 Å². The number of imide groups is 1. The van der Waals surface area contributed by atoms with Crippen molar-refractivity contribution in [2.45, 2.75) is 0 Å². The third-order valence-electron chi connectivity index (χ3n) is 1.98. The maximum absolute atomic E-state index is 11.4. The Morgan fingerprint density at radius 1 is 1.14 bits per heavy atom. The van der Waals surface area contributed by atoms with E-state index in [1.54, 1.807) is 0 Å². The van der Waals surface area contributed by atoms with Gasteiger partial charge in [0.2, 0.25) is 5.95 Å². The second-order valence-electron chi connectivity index (χ2n) is 2.86. The first-order valence-corrected chi connectivity index (χ1v) is 3.77. The molecule has 0 unspecified atom stereocenters. The summed E-state index contributed by atoms with van der Waals surface area (Å²) in [4.78, 5) is 31.1. The van der Waals surface area contributed by atoms with Crippen LogP contribution in [0.1, 0.15) is 20.8 Å². The highest BCUT2D eigenvalue weighted by Crippen LogP contribution is 2.24. The molecule has 0 spiro atoms. The van der Waals surface area contributed by atoms with Gasteiger partial charge in [-0.15, -0.1) is 0 Å². The fourth-order valence-corrected chi connectivity index (χ4v) is 1.28. The molecule has 0 aromatic carbocycles. The van der Waals surface area contributed by atoms with E-state index in [2.05, 4.69) is 9.97 Å². The van der Waals surface area contributed by atoms with Crippen molar-refractivity contribution >= 4 is 23.6 Å². The Kier molecular flexibility index (Phi) is 1.45. The summed E-state index contributed by atoms with van der Waals surface area (Å²) in [5, 5.41) is 0. The van der Waals surface area contributed by atoms with Crippen molar-refractivity contribution in [1.82, 2.24) is 14.9 Å². The molecule has 2 heterocycles. The van der Waals surface area contributed by atoms with Gasteiger partial charge in [-0.25, -0.2) is 4.98 Å². The van der Waals surface area contributed by atoms with E-state index >= 15 is 0 Å². The highest BCUT2D eigenvalue weighted by Gasteiger charge is 2.37. The molecule has 7 nitrogen and oxygen atoms in total. The number of nitrogens with two attached hydrogens (primary N) is 2. The maximum Gasteiger partial charge on any atom is 0.280 e. The first-order valence-electron chi connectivity index (χ1n) is 3.77. The molecule has 0 saturated heterocycles. The molecule has 1 aromatic rings.